The first-order chi connectivity index (χ1) is 16.6. The topological polar surface area (TPSA) is 96.0 Å². The molecule has 2 aromatic carbocycles. The van der Waals surface area contributed by atoms with Crippen LogP contribution in [0.25, 0.3) is 0 Å². The molecule has 0 aliphatic heterocycles. The molecule has 0 bridgehead atoms. The molecule has 2 aromatic rings. The van der Waals surface area contributed by atoms with Crippen LogP contribution in [0.15, 0.2) is 48.5 Å². The van der Waals surface area contributed by atoms with Gasteiger partial charge >= 0.3 is 0 Å². The van der Waals surface area contributed by atoms with Crippen LogP contribution in [0.4, 0.5) is 5.69 Å². The summed E-state index contributed by atoms with van der Waals surface area (Å²) in [5, 5.41) is 3.19. The molecule has 0 saturated heterocycles. The molecule has 1 N–H and O–H groups in total. The molecule has 2 amide bonds. The Bertz CT molecular complexity index is 1100. The van der Waals surface area contributed by atoms with E-state index >= 15 is 0 Å². The minimum Gasteiger partial charge on any atom is -0.495 e. The summed E-state index contributed by atoms with van der Waals surface area (Å²) < 4.78 is 31.8. The standard InChI is InChI=1S/C25H34ClN3O5S/c1-5-7-15-27-25(31)21(6-2)28(17-19-11-9-8-10-12-19)24(30)18-29(35(4,32)33)22-16-20(26)13-14-23(22)34-3/h8-14,16,21H,5-7,15,17-18H2,1-4H3,(H,27,31)/t21-/m1/s1. The summed E-state index contributed by atoms with van der Waals surface area (Å²) in [4.78, 5) is 28.1. The fourth-order valence-corrected chi connectivity index (χ4v) is 4.67. The van der Waals surface area contributed by atoms with Crippen molar-refractivity contribution in [2.45, 2.75) is 45.7 Å². The van der Waals surface area contributed by atoms with Crippen molar-refractivity contribution in [2.24, 2.45) is 0 Å². The average Bonchev–Trinajstić information content (AvgIpc) is 2.82. The molecule has 0 saturated carbocycles. The average molecular weight is 524 g/mol. The highest BCUT2D eigenvalue weighted by atomic mass is 35.5. The number of carbonyl (C=O) groups excluding carboxylic acids is 2. The first-order valence-electron chi connectivity index (χ1n) is 11.5. The van der Waals surface area contributed by atoms with E-state index in [-0.39, 0.29) is 23.9 Å². The summed E-state index contributed by atoms with van der Waals surface area (Å²) in [6.45, 7) is 4.00. The molecule has 1 atom stereocenters. The molecule has 0 radical (unpaired) electrons. The Morgan fingerprint density at radius 3 is 2.37 bits per heavy atom. The highest BCUT2D eigenvalue weighted by Crippen LogP contribution is 2.33. The summed E-state index contributed by atoms with van der Waals surface area (Å²) in [7, 11) is -2.49. The van der Waals surface area contributed by atoms with Crippen LogP contribution >= 0.6 is 11.6 Å². The molecular weight excluding hydrogens is 490 g/mol. The molecule has 35 heavy (non-hydrogen) atoms. The maximum Gasteiger partial charge on any atom is 0.244 e. The Hall–Kier alpha value is -2.78. The number of nitrogens with one attached hydrogen (secondary N) is 1. The highest BCUT2D eigenvalue weighted by molar-refractivity contribution is 7.92. The lowest BCUT2D eigenvalue weighted by atomic mass is 10.1. The molecular formula is C25H34ClN3O5S. The van der Waals surface area contributed by atoms with Crippen molar-refractivity contribution in [1.29, 1.82) is 0 Å². The van der Waals surface area contributed by atoms with E-state index < -0.39 is 28.5 Å². The summed E-state index contributed by atoms with van der Waals surface area (Å²) in [5.74, 6) is -0.526. The monoisotopic (exact) mass is 523 g/mol. The van der Waals surface area contributed by atoms with E-state index in [2.05, 4.69) is 5.32 Å². The first-order valence-corrected chi connectivity index (χ1v) is 13.8. The van der Waals surface area contributed by atoms with E-state index in [0.717, 1.165) is 29.0 Å². The summed E-state index contributed by atoms with van der Waals surface area (Å²) in [6.07, 6.45) is 3.13. The zero-order valence-electron chi connectivity index (χ0n) is 20.7. The lowest BCUT2D eigenvalue weighted by Gasteiger charge is -2.33. The number of rotatable bonds is 13. The smallest absolute Gasteiger partial charge is 0.244 e. The van der Waals surface area contributed by atoms with Crippen LogP contribution in [-0.4, -0.2) is 57.6 Å². The Morgan fingerprint density at radius 2 is 1.80 bits per heavy atom. The third-order valence-electron chi connectivity index (χ3n) is 5.50. The largest absolute Gasteiger partial charge is 0.495 e. The molecule has 0 unspecified atom stereocenters. The second kappa shape index (κ2) is 13.3. The number of anilines is 1. The molecule has 192 valence electrons. The van der Waals surface area contributed by atoms with Crippen molar-refractivity contribution < 1.29 is 22.7 Å². The number of hydrogen-bond acceptors (Lipinski definition) is 5. The number of amides is 2. The van der Waals surface area contributed by atoms with Crippen LogP contribution in [-0.2, 0) is 26.2 Å². The number of carbonyl (C=O) groups is 2. The van der Waals surface area contributed by atoms with Crippen LogP contribution in [0.3, 0.4) is 0 Å². The number of ether oxygens (including phenoxy) is 1. The second-order valence-corrected chi connectivity index (χ2v) is 10.5. The fourth-order valence-electron chi connectivity index (χ4n) is 3.66. The van der Waals surface area contributed by atoms with E-state index in [0.29, 0.717) is 18.0 Å². The minimum atomic E-state index is -3.89. The van der Waals surface area contributed by atoms with Gasteiger partial charge in [0.15, 0.2) is 0 Å². The van der Waals surface area contributed by atoms with Crippen LogP contribution in [0.1, 0.15) is 38.7 Å². The number of sulfonamides is 1. The van der Waals surface area contributed by atoms with Crippen molar-refractivity contribution >= 4 is 39.1 Å². The summed E-state index contributed by atoms with van der Waals surface area (Å²) in [5.41, 5.74) is 0.975. The Labute approximate surface area is 213 Å². The van der Waals surface area contributed by atoms with Gasteiger partial charge in [-0.25, -0.2) is 8.42 Å². The van der Waals surface area contributed by atoms with Crippen LogP contribution in [0, 0.1) is 0 Å². The maximum absolute atomic E-state index is 13.7. The van der Waals surface area contributed by atoms with Crippen molar-refractivity contribution in [3.63, 3.8) is 0 Å². The lowest BCUT2D eigenvalue weighted by Crippen LogP contribution is -2.52. The fraction of sp³-hybridized carbons (Fsp3) is 0.440. The van der Waals surface area contributed by atoms with Gasteiger partial charge in [0.05, 0.1) is 19.1 Å². The maximum atomic E-state index is 13.7. The molecule has 0 aromatic heterocycles. The lowest BCUT2D eigenvalue weighted by molar-refractivity contribution is -0.140. The number of methoxy groups -OCH3 is 1. The van der Waals surface area contributed by atoms with Gasteiger partial charge in [-0.1, -0.05) is 62.2 Å². The van der Waals surface area contributed by atoms with Gasteiger partial charge in [-0.2, -0.15) is 0 Å². The Kier molecular flexibility index (Phi) is 10.9. The van der Waals surface area contributed by atoms with E-state index in [1.165, 1.54) is 24.1 Å². The predicted molar refractivity (Wildman–Crippen MR) is 139 cm³/mol. The van der Waals surface area contributed by atoms with Gasteiger partial charge in [0.2, 0.25) is 21.8 Å². The van der Waals surface area contributed by atoms with E-state index in [9.17, 15) is 18.0 Å². The molecule has 0 aliphatic rings. The van der Waals surface area contributed by atoms with Crippen molar-refractivity contribution in [2.75, 3.05) is 30.8 Å². The van der Waals surface area contributed by atoms with Gasteiger partial charge in [0, 0.05) is 18.1 Å². The predicted octanol–water partition coefficient (Wildman–Crippen LogP) is 3.84. The van der Waals surface area contributed by atoms with Crippen LogP contribution < -0.4 is 14.4 Å². The van der Waals surface area contributed by atoms with Crippen molar-refractivity contribution in [3.8, 4) is 5.75 Å². The zero-order valence-corrected chi connectivity index (χ0v) is 22.2. The third-order valence-corrected chi connectivity index (χ3v) is 6.86. The van der Waals surface area contributed by atoms with Gasteiger partial charge in [-0.15, -0.1) is 0 Å². The number of nitrogens with zero attached hydrogens (tertiary/aromatic N) is 2. The van der Waals surface area contributed by atoms with E-state index in [1.807, 2.05) is 44.2 Å². The van der Waals surface area contributed by atoms with Gasteiger partial charge in [-0.05, 0) is 36.6 Å². The number of benzene rings is 2. The van der Waals surface area contributed by atoms with Gasteiger partial charge in [0.1, 0.15) is 18.3 Å². The molecule has 0 fully saturated rings. The summed E-state index contributed by atoms with van der Waals surface area (Å²) >= 11 is 6.12. The number of hydrogen-bond donors (Lipinski definition) is 1. The zero-order chi connectivity index (χ0) is 26.0. The molecule has 2 rings (SSSR count). The highest BCUT2D eigenvalue weighted by Gasteiger charge is 2.32. The quantitative estimate of drug-likeness (QED) is 0.402. The molecule has 10 heteroatoms. The van der Waals surface area contributed by atoms with E-state index in [1.54, 1.807) is 6.07 Å². The second-order valence-electron chi connectivity index (χ2n) is 8.16. The van der Waals surface area contributed by atoms with Crippen molar-refractivity contribution in [3.05, 3.63) is 59.1 Å². The van der Waals surface area contributed by atoms with Crippen molar-refractivity contribution in [1.82, 2.24) is 10.2 Å². The first kappa shape index (κ1) is 28.5. The van der Waals surface area contributed by atoms with Gasteiger partial charge in [0.25, 0.3) is 0 Å². The van der Waals surface area contributed by atoms with Gasteiger partial charge < -0.3 is 15.0 Å². The van der Waals surface area contributed by atoms with E-state index in [4.69, 9.17) is 16.3 Å². The molecule has 8 nitrogen and oxygen atoms in total. The molecule has 0 spiro atoms. The van der Waals surface area contributed by atoms with Crippen LogP contribution in [0.5, 0.6) is 5.75 Å². The Balaban J connectivity index is 2.44. The van der Waals surface area contributed by atoms with Crippen LogP contribution in [0.2, 0.25) is 5.02 Å². The molecule has 0 aliphatic carbocycles. The third kappa shape index (κ3) is 8.14. The number of halogens is 1. The Morgan fingerprint density at radius 1 is 1.11 bits per heavy atom. The summed E-state index contributed by atoms with van der Waals surface area (Å²) in [6, 6.07) is 13.1. The SMILES string of the molecule is CCCCNC(=O)[C@@H](CC)N(Cc1ccccc1)C(=O)CN(c1cc(Cl)ccc1OC)S(C)(=O)=O. The molecule has 0 heterocycles. The normalized spacial score (nSPS) is 12.0. The van der Waals surface area contributed by atoms with Gasteiger partial charge in [-0.3, -0.25) is 13.9 Å². The minimum absolute atomic E-state index is 0.149. The number of unbranched alkanes of at least 4 members (excludes halogenated alkanes) is 1.